The molecule has 2 aromatic heterocycles. The average Bonchev–Trinajstić information content (AvgIpc) is 3.48. The maximum atomic E-state index is 12.7. The highest BCUT2D eigenvalue weighted by molar-refractivity contribution is 8.26. The fourth-order valence-electron chi connectivity index (χ4n) is 2.89. The molecule has 0 radical (unpaired) electrons. The molecule has 1 aliphatic heterocycles. The molecule has 3 aromatic rings. The van der Waals surface area contributed by atoms with Gasteiger partial charge >= 0.3 is 5.97 Å². The molecule has 6 nitrogen and oxygen atoms in total. The summed E-state index contributed by atoms with van der Waals surface area (Å²) in [5.74, 6) is 1.29. The number of carbonyl (C=O) groups is 2. The fraction of sp³-hybridized carbons (Fsp3) is 0.136. The maximum absolute atomic E-state index is 12.7. The third-order valence-corrected chi connectivity index (χ3v) is 5.73. The van der Waals surface area contributed by atoms with Crippen LogP contribution in [-0.4, -0.2) is 27.7 Å². The van der Waals surface area contributed by atoms with E-state index in [1.807, 2.05) is 6.07 Å². The Hall–Kier alpha value is -3.10. The van der Waals surface area contributed by atoms with Crippen molar-refractivity contribution in [1.29, 1.82) is 0 Å². The van der Waals surface area contributed by atoms with Crippen LogP contribution >= 0.6 is 24.0 Å². The third-order valence-electron chi connectivity index (χ3n) is 4.35. The van der Waals surface area contributed by atoms with Gasteiger partial charge in [-0.15, -0.1) is 0 Å². The zero-order valence-corrected chi connectivity index (χ0v) is 17.6. The van der Waals surface area contributed by atoms with E-state index in [0.717, 1.165) is 5.56 Å². The SMILES string of the molecule is CCOC(=O)c1ccc(-c2ccc(/C=C3\SC(=S)N(Cc4ccco4)C3=O)o2)cc1. The van der Waals surface area contributed by atoms with Gasteiger partial charge in [-0.2, -0.15) is 0 Å². The number of benzene rings is 1. The van der Waals surface area contributed by atoms with E-state index in [-0.39, 0.29) is 11.9 Å². The Morgan fingerprint density at radius 3 is 2.70 bits per heavy atom. The summed E-state index contributed by atoms with van der Waals surface area (Å²) < 4.78 is 16.6. The Morgan fingerprint density at radius 2 is 2.00 bits per heavy atom. The number of thioether (sulfide) groups is 1. The van der Waals surface area contributed by atoms with Crippen molar-refractivity contribution in [1.82, 2.24) is 4.90 Å². The van der Waals surface area contributed by atoms with Gasteiger partial charge in [-0.05, 0) is 43.3 Å². The predicted octanol–water partition coefficient (Wildman–Crippen LogP) is 5.12. The van der Waals surface area contributed by atoms with Crippen LogP contribution in [-0.2, 0) is 16.1 Å². The normalized spacial score (nSPS) is 15.2. The summed E-state index contributed by atoms with van der Waals surface area (Å²) in [5.41, 5.74) is 1.29. The molecule has 0 atom stereocenters. The van der Waals surface area contributed by atoms with Crippen molar-refractivity contribution in [2.75, 3.05) is 6.61 Å². The quantitative estimate of drug-likeness (QED) is 0.300. The minimum Gasteiger partial charge on any atom is -0.467 e. The first-order chi connectivity index (χ1) is 14.5. The van der Waals surface area contributed by atoms with Crippen LogP contribution in [0, 0.1) is 0 Å². The van der Waals surface area contributed by atoms with Crippen molar-refractivity contribution in [3.8, 4) is 11.3 Å². The van der Waals surface area contributed by atoms with Crippen molar-refractivity contribution in [3.05, 3.63) is 76.8 Å². The number of esters is 1. The van der Waals surface area contributed by atoms with Crippen LogP contribution < -0.4 is 0 Å². The minimum absolute atomic E-state index is 0.182. The van der Waals surface area contributed by atoms with Crippen molar-refractivity contribution in [2.45, 2.75) is 13.5 Å². The molecule has 0 spiro atoms. The molecule has 8 heteroatoms. The van der Waals surface area contributed by atoms with E-state index < -0.39 is 0 Å². The first-order valence-corrected chi connectivity index (χ1v) is 10.4. The molecule has 0 aliphatic carbocycles. The van der Waals surface area contributed by atoms with E-state index in [1.54, 1.807) is 61.7 Å². The Balaban J connectivity index is 1.49. The Kier molecular flexibility index (Phi) is 5.87. The zero-order valence-electron chi connectivity index (χ0n) is 16.0. The van der Waals surface area contributed by atoms with Gasteiger partial charge in [0.1, 0.15) is 21.6 Å². The average molecular weight is 440 g/mol. The molecule has 1 aromatic carbocycles. The predicted molar refractivity (Wildman–Crippen MR) is 118 cm³/mol. The van der Waals surface area contributed by atoms with Crippen molar-refractivity contribution >= 4 is 46.3 Å². The fourth-order valence-corrected chi connectivity index (χ4v) is 4.13. The van der Waals surface area contributed by atoms with Crippen LogP contribution in [0.2, 0.25) is 0 Å². The lowest BCUT2D eigenvalue weighted by Gasteiger charge is -2.11. The first kappa shape index (κ1) is 20.2. The van der Waals surface area contributed by atoms with Gasteiger partial charge in [0.15, 0.2) is 0 Å². The summed E-state index contributed by atoms with van der Waals surface area (Å²) in [6.45, 7) is 2.39. The molecular weight excluding hydrogens is 422 g/mol. The Labute approximate surface area is 182 Å². The zero-order chi connectivity index (χ0) is 21.1. The molecule has 1 amide bonds. The lowest BCUT2D eigenvalue weighted by molar-refractivity contribution is -0.122. The van der Waals surface area contributed by atoms with Crippen LogP contribution in [0.4, 0.5) is 0 Å². The van der Waals surface area contributed by atoms with Gasteiger partial charge in [0, 0.05) is 11.6 Å². The molecule has 1 saturated heterocycles. The van der Waals surface area contributed by atoms with Gasteiger partial charge in [0.25, 0.3) is 5.91 Å². The lowest BCUT2D eigenvalue weighted by Crippen LogP contribution is -2.27. The Bertz CT molecular complexity index is 1110. The minimum atomic E-state index is -0.360. The number of carbonyl (C=O) groups excluding carboxylic acids is 2. The van der Waals surface area contributed by atoms with Crippen LogP contribution in [0.5, 0.6) is 0 Å². The molecule has 1 fully saturated rings. The molecule has 1 aliphatic rings. The summed E-state index contributed by atoms with van der Waals surface area (Å²) in [6.07, 6.45) is 3.24. The standard InChI is InChI=1S/C22H17NO5S2/c1-2-26-21(25)15-7-5-14(6-8-15)18-10-9-16(28-18)12-19-20(24)23(22(29)30-19)13-17-4-3-11-27-17/h3-12H,2,13H2,1H3/b19-12-. The van der Waals surface area contributed by atoms with Gasteiger partial charge in [-0.1, -0.05) is 36.1 Å². The molecule has 30 heavy (non-hydrogen) atoms. The number of furan rings is 2. The highest BCUT2D eigenvalue weighted by Gasteiger charge is 2.32. The van der Waals surface area contributed by atoms with E-state index in [4.69, 9.17) is 25.8 Å². The largest absolute Gasteiger partial charge is 0.467 e. The van der Waals surface area contributed by atoms with Crippen molar-refractivity contribution < 1.29 is 23.2 Å². The number of hydrogen-bond donors (Lipinski definition) is 0. The molecule has 3 heterocycles. The number of ether oxygens (including phenoxy) is 1. The highest BCUT2D eigenvalue weighted by Crippen LogP contribution is 2.34. The number of rotatable bonds is 6. The second kappa shape index (κ2) is 8.73. The van der Waals surface area contributed by atoms with E-state index in [9.17, 15) is 9.59 Å². The van der Waals surface area contributed by atoms with E-state index >= 15 is 0 Å². The van der Waals surface area contributed by atoms with E-state index in [1.165, 1.54) is 16.7 Å². The van der Waals surface area contributed by atoms with Crippen LogP contribution in [0.15, 0.2) is 68.5 Å². The van der Waals surface area contributed by atoms with Crippen molar-refractivity contribution in [3.63, 3.8) is 0 Å². The maximum Gasteiger partial charge on any atom is 0.338 e. The number of hydrogen-bond acceptors (Lipinski definition) is 7. The number of thiocarbonyl (C=S) groups is 1. The van der Waals surface area contributed by atoms with Crippen LogP contribution in [0.25, 0.3) is 17.4 Å². The van der Waals surface area contributed by atoms with Gasteiger partial charge in [-0.25, -0.2) is 4.79 Å². The molecule has 152 valence electrons. The number of amides is 1. The summed E-state index contributed by atoms with van der Waals surface area (Å²) in [4.78, 5) is 26.5. The molecule has 4 rings (SSSR count). The summed E-state index contributed by atoms with van der Waals surface area (Å²) in [6, 6.07) is 14.1. The van der Waals surface area contributed by atoms with Crippen LogP contribution in [0.3, 0.4) is 0 Å². The summed E-state index contributed by atoms with van der Waals surface area (Å²) in [7, 11) is 0. The second-order valence-corrected chi connectivity index (χ2v) is 8.02. The molecule has 0 saturated carbocycles. The van der Waals surface area contributed by atoms with Gasteiger partial charge in [0.2, 0.25) is 0 Å². The van der Waals surface area contributed by atoms with Gasteiger partial charge in [0.05, 0.1) is 29.9 Å². The summed E-state index contributed by atoms with van der Waals surface area (Å²) >= 11 is 6.56. The van der Waals surface area contributed by atoms with Crippen molar-refractivity contribution in [2.24, 2.45) is 0 Å². The Morgan fingerprint density at radius 1 is 1.20 bits per heavy atom. The molecule has 0 bridgehead atoms. The van der Waals surface area contributed by atoms with Gasteiger partial charge in [-0.3, -0.25) is 9.69 Å². The highest BCUT2D eigenvalue weighted by atomic mass is 32.2. The van der Waals surface area contributed by atoms with E-state index in [0.29, 0.717) is 45.2 Å². The topological polar surface area (TPSA) is 72.9 Å². The molecular formula is C22H17NO5S2. The lowest BCUT2D eigenvalue weighted by atomic mass is 10.1. The monoisotopic (exact) mass is 439 g/mol. The second-order valence-electron chi connectivity index (χ2n) is 6.35. The smallest absolute Gasteiger partial charge is 0.338 e. The molecule has 0 unspecified atom stereocenters. The van der Waals surface area contributed by atoms with Crippen LogP contribution in [0.1, 0.15) is 28.8 Å². The number of nitrogens with zero attached hydrogens (tertiary/aromatic N) is 1. The van der Waals surface area contributed by atoms with Gasteiger partial charge < -0.3 is 13.6 Å². The molecule has 0 N–H and O–H groups in total. The first-order valence-electron chi connectivity index (χ1n) is 9.20. The van der Waals surface area contributed by atoms with E-state index in [2.05, 4.69) is 0 Å². The summed E-state index contributed by atoms with van der Waals surface area (Å²) in [5, 5.41) is 0. The third kappa shape index (κ3) is 4.24.